The number of hydrogen-bond donors (Lipinski definition) is 1. The highest BCUT2D eigenvalue weighted by atomic mass is 35.5. The van der Waals surface area contributed by atoms with Crippen molar-refractivity contribution < 1.29 is 13.2 Å². The van der Waals surface area contributed by atoms with Gasteiger partial charge in [-0.15, -0.1) is 24.8 Å². The molecule has 1 heterocycles. The lowest BCUT2D eigenvalue weighted by Gasteiger charge is -2.34. The molecule has 1 atom stereocenters. The standard InChI is InChI=1S/C12H15F3N2.2ClH/c13-10-4-2-1-3-9(10)11(12(14)15)17-7-5-16-6-8-17;;/h1-4,11-12,16H,5-8H2;2*1H/t11-;;/m1../s1. The normalized spacial score (nSPS) is 17.5. The molecule has 0 radical (unpaired) electrons. The molecule has 1 aromatic carbocycles. The zero-order chi connectivity index (χ0) is 12.3. The smallest absolute Gasteiger partial charge is 0.258 e. The van der Waals surface area contributed by atoms with Crippen LogP contribution in [0.3, 0.4) is 0 Å². The van der Waals surface area contributed by atoms with Crippen LogP contribution < -0.4 is 5.32 Å². The summed E-state index contributed by atoms with van der Waals surface area (Å²) in [7, 11) is 0. The quantitative estimate of drug-likeness (QED) is 0.922. The van der Waals surface area contributed by atoms with E-state index in [-0.39, 0.29) is 30.4 Å². The van der Waals surface area contributed by atoms with Gasteiger partial charge in [0.2, 0.25) is 0 Å². The molecule has 0 bridgehead atoms. The van der Waals surface area contributed by atoms with E-state index in [0.717, 1.165) is 0 Å². The van der Waals surface area contributed by atoms with Gasteiger partial charge in [0.05, 0.1) is 6.04 Å². The molecule has 1 saturated heterocycles. The first kappa shape index (κ1) is 18.5. The monoisotopic (exact) mass is 316 g/mol. The molecule has 1 aliphatic rings. The van der Waals surface area contributed by atoms with Crippen molar-refractivity contribution in [3.8, 4) is 0 Å². The molecule has 0 saturated carbocycles. The van der Waals surface area contributed by atoms with Crippen molar-refractivity contribution in [3.05, 3.63) is 35.6 Å². The molecule has 0 amide bonds. The van der Waals surface area contributed by atoms with Gasteiger partial charge in [0.1, 0.15) is 5.82 Å². The minimum atomic E-state index is -2.58. The second kappa shape index (κ2) is 8.64. The van der Waals surface area contributed by atoms with Crippen LogP contribution in [0.25, 0.3) is 0 Å². The molecule has 0 spiro atoms. The van der Waals surface area contributed by atoms with Crippen molar-refractivity contribution in [2.75, 3.05) is 26.2 Å². The highest BCUT2D eigenvalue weighted by molar-refractivity contribution is 5.85. The average molecular weight is 317 g/mol. The van der Waals surface area contributed by atoms with Crippen LogP contribution in [0.15, 0.2) is 24.3 Å². The molecule has 7 heteroatoms. The maximum atomic E-state index is 13.6. The number of halogens is 5. The molecular formula is C12H17Cl2F3N2. The fraction of sp³-hybridized carbons (Fsp3) is 0.500. The van der Waals surface area contributed by atoms with Crippen molar-refractivity contribution in [2.45, 2.75) is 12.5 Å². The van der Waals surface area contributed by atoms with Crippen LogP contribution >= 0.6 is 24.8 Å². The minimum absolute atomic E-state index is 0. The van der Waals surface area contributed by atoms with Crippen LogP contribution in [0.4, 0.5) is 13.2 Å². The number of benzene rings is 1. The summed E-state index contributed by atoms with van der Waals surface area (Å²) < 4.78 is 39.8. The Morgan fingerprint density at radius 3 is 2.16 bits per heavy atom. The fourth-order valence-corrected chi connectivity index (χ4v) is 2.17. The lowest BCUT2D eigenvalue weighted by Crippen LogP contribution is -2.47. The summed E-state index contributed by atoms with van der Waals surface area (Å²) in [6.45, 7) is 2.36. The lowest BCUT2D eigenvalue weighted by molar-refractivity contribution is 0.0164. The molecule has 1 N–H and O–H groups in total. The number of piperazine rings is 1. The number of alkyl halides is 2. The summed E-state index contributed by atoms with van der Waals surface area (Å²) in [5.41, 5.74) is 0.0874. The first-order valence-electron chi connectivity index (χ1n) is 5.67. The average Bonchev–Trinajstić information content (AvgIpc) is 2.33. The highest BCUT2D eigenvalue weighted by Crippen LogP contribution is 2.29. The highest BCUT2D eigenvalue weighted by Gasteiger charge is 2.31. The van der Waals surface area contributed by atoms with Gasteiger partial charge in [-0.3, -0.25) is 4.90 Å². The van der Waals surface area contributed by atoms with E-state index in [1.165, 1.54) is 18.2 Å². The van der Waals surface area contributed by atoms with Crippen molar-refractivity contribution in [1.29, 1.82) is 0 Å². The molecule has 19 heavy (non-hydrogen) atoms. The van der Waals surface area contributed by atoms with Crippen molar-refractivity contribution in [2.24, 2.45) is 0 Å². The van der Waals surface area contributed by atoms with E-state index in [0.29, 0.717) is 26.2 Å². The number of hydrogen-bond acceptors (Lipinski definition) is 2. The van der Waals surface area contributed by atoms with Gasteiger partial charge >= 0.3 is 0 Å². The Balaban J connectivity index is 0.00000162. The van der Waals surface area contributed by atoms with Crippen LogP contribution in [-0.4, -0.2) is 37.5 Å². The largest absolute Gasteiger partial charge is 0.314 e. The molecule has 0 unspecified atom stereocenters. The van der Waals surface area contributed by atoms with Crippen LogP contribution in [0, 0.1) is 5.82 Å². The zero-order valence-corrected chi connectivity index (χ0v) is 11.8. The maximum absolute atomic E-state index is 13.6. The predicted molar refractivity (Wildman–Crippen MR) is 74.1 cm³/mol. The number of rotatable bonds is 3. The van der Waals surface area contributed by atoms with Crippen LogP contribution in [0.2, 0.25) is 0 Å². The summed E-state index contributed by atoms with van der Waals surface area (Å²) in [4.78, 5) is 1.64. The molecule has 0 aromatic heterocycles. The Labute approximate surface area is 123 Å². The van der Waals surface area contributed by atoms with Gasteiger partial charge in [0.15, 0.2) is 0 Å². The Bertz CT molecular complexity index is 374. The molecule has 0 aliphatic carbocycles. The van der Waals surface area contributed by atoms with Crippen LogP contribution in [0.5, 0.6) is 0 Å². The molecule has 1 aromatic rings. The summed E-state index contributed by atoms with van der Waals surface area (Å²) >= 11 is 0. The van der Waals surface area contributed by atoms with Crippen molar-refractivity contribution in [1.82, 2.24) is 10.2 Å². The maximum Gasteiger partial charge on any atom is 0.258 e. The van der Waals surface area contributed by atoms with Crippen LogP contribution in [-0.2, 0) is 0 Å². The second-order valence-corrected chi connectivity index (χ2v) is 4.09. The fourth-order valence-electron chi connectivity index (χ4n) is 2.17. The molecule has 110 valence electrons. The van der Waals surface area contributed by atoms with Gasteiger partial charge < -0.3 is 5.32 Å². The Morgan fingerprint density at radius 2 is 1.63 bits per heavy atom. The van der Waals surface area contributed by atoms with Gasteiger partial charge in [-0.25, -0.2) is 13.2 Å². The van der Waals surface area contributed by atoms with E-state index in [4.69, 9.17) is 0 Å². The van der Waals surface area contributed by atoms with E-state index in [1.54, 1.807) is 11.0 Å². The molecule has 1 aliphatic heterocycles. The minimum Gasteiger partial charge on any atom is -0.314 e. The SMILES string of the molecule is Cl.Cl.Fc1ccccc1[C@H](C(F)F)N1CCNCC1. The Morgan fingerprint density at radius 1 is 1.05 bits per heavy atom. The summed E-state index contributed by atoms with van der Waals surface area (Å²) in [6.07, 6.45) is -2.58. The van der Waals surface area contributed by atoms with E-state index in [1.807, 2.05) is 0 Å². The third kappa shape index (κ3) is 4.53. The molecule has 1 fully saturated rings. The third-order valence-corrected chi connectivity index (χ3v) is 3.01. The topological polar surface area (TPSA) is 15.3 Å². The number of nitrogens with one attached hydrogen (secondary N) is 1. The summed E-state index contributed by atoms with van der Waals surface area (Å²) in [6, 6.07) is 4.63. The van der Waals surface area contributed by atoms with Crippen LogP contribution in [0.1, 0.15) is 11.6 Å². The Kier molecular flexibility index (Phi) is 8.41. The molecule has 2 rings (SSSR count). The second-order valence-electron chi connectivity index (χ2n) is 4.09. The molecular weight excluding hydrogens is 300 g/mol. The zero-order valence-electron chi connectivity index (χ0n) is 10.2. The summed E-state index contributed by atoms with van der Waals surface area (Å²) in [5, 5.41) is 3.09. The van der Waals surface area contributed by atoms with E-state index < -0.39 is 18.3 Å². The first-order valence-corrected chi connectivity index (χ1v) is 5.67. The van der Waals surface area contributed by atoms with Gasteiger partial charge in [-0.2, -0.15) is 0 Å². The van der Waals surface area contributed by atoms with Gasteiger partial charge in [0.25, 0.3) is 6.43 Å². The van der Waals surface area contributed by atoms with Crippen molar-refractivity contribution in [3.63, 3.8) is 0 Å². The van der Waals surface area contributed by atoms with Gasteiger partial charge in [-0.05, 0) is 6.07 Å². The summed E-state index contributed by atoms with van der Waals surface area (Å²) in [5.74, 6) is -0.559. The van der Waals surface area contributed by atoms with Gasteiger partial charge in [0, 0.05) is 31.7 Å². The Hall–Kier alpha value is -0.490. The first-order chi connectivity index (χ1) is 8.20. The van der Waals surface area contributed by atoms with Crippen molar-refractivity contribution >= 4 is 24.8 Å². The van der Waals surface area contributed by atoms with E-state index >= 15 is 0 Å². The van der Waals surface area contributed by atoms with Gasteiger partial charge in [-0.1, -0.05) is 18.2 Å². The van der Waals surface area contributed by atoms with E-state index in [2.05, 4.69) is 5.32 Å². The molecule has 2 nitrogen and oxygen atoms in total. The number of nitrogens with zero attached hydrogens (tertiary/aromatic N) is 1. The lowest BCUT2D eigenvalue weighted by atomic mass is 10.0. The third-order valence-electron chi connectivity index (χ3n) is 3.01. The predicted octanol–water partition coefficient (Wildman–Crippen LogP) is 2.88. The van der Waals surface area contributed by atoms with E-state index in [9.17, 15) is 13.2 Å².